The summed E-state index contributed by atoms with van der Waals surface area (Å²) in [6.45, 7) is 2.71. The van der Waals surface area contributed by atoms with Crippen molar-refractivity contribution in [2.24, 2.45) is 5.92 Å². The molecule has 2 heterocycles. The topological polar surface area (TPSA) is 55.8 Å². The van der Waals surface area contributed by atoms with Gasteiger partial charge in [0.25, 0.3) is 0 Å². The van der Waals surface area contributed by atoms with Gasteiger partial charge in [-0.3, -0.25) is 0 Å². The first-order valence-electron chi connectivity index (χ1n) is 4.85. The molecule has 0 aromatic heterocycles. The van der Waals surface area contributed by atoms with Crippen LogP contribution in [0.1, 0.15) is 13.3 Å². The second kappa shape index (κ2) is 3.71. The molecule has 0 amide bonds. The largest absolute Gasteiger partial charge is 0.462 e. The van der Waals surface area contributed by atoms with E-state index >= 15 is 0 Å². The molecule has 2 rings (SSSR count). The Morgan fingerprint density at radius 3 is 3.07 bits per heavy atom. The number of carbonyl (C=O) groups is 1. The maximum absolute atomic E-state index is 11.4. The summed E-state index contributed by atoms with van der Waals surface area (Å²) in [5.74, 6) is -0.316. The third kappa shape index (κ3) is 1.44. The second-order valence-electron chi connectivity index (χ2n) is 3.69. The molecule has 0 spiro atoms. The van der Waals surface area contributed by atoms with Gasteiger partial charge >= 0.3 is 5.97 Å². The monoisotopic (exact) mass is 198 g/mol. The smallest absolute Gasteiger partial charge is 0.336 e. The van der Waals surface area contributed by atoms with Crippen LogP contribution in [0.2, 0.25) is 0 Å². The molecule has 0 aromatic rings. The van der Waals surface area contributed by atoms with E-state index in [-0.39, 0.29) is 24.6 Å². The van der Waals surface area contributed by atoms with Crippen molar-refractivity contribution < 1.29 is 19.4 Å². The highest BCUT2D eigenvalue weighted by atomic mass is 16.5. The van der Waals surface area contributed by atoms with Gasteiger partial charge < -0.3 is 14.6 Å². The van der Waals surface area contributed by atoms with Crippen LogP contribution in [0.5, 0.6) is 0 Å². The molecule has 78 valence electrons. The molecule has 0 bridgehead atoms. The zero-order valence-corrected chi connectivity index (χ0v) is 8.16. The Hall–Kier alpha value is -0.870. The molecule has 4 nitrogen and oxygen atoms in total. The minimum Gasteiger partial charge on any atom is -0.462 e. The van der Waals surface area contributed by atoms with E-state index in [1.165, 1.54) is 0 Å². The average molecular weight is 198 g/mol. The van der Waals surface area contributed by atoms with E-state index in [0.29, 0.717) is 18.8 Å². The molecular formula is C10H14O4. The molecule has 0 aromatic carbocycles. The van der Waals surface area contributed by atoms with E-state index in [0.717, 1.165) is 12.0 Å². The molecule has 0 saturated carbocycles. The lowest BCUT2D eigenvalue weighted by Crippen LogP contribution is -2.37. The molecule has 4 heteroatoms. The van der Waals surface area contributed by atoms with Gasteiger partial charge in [-0.05, 0) is 12.5 Å². The zero-order chi connectivity index (χ0) is 10.1. The Balaban J connectivity index is 2.32. The van der Waals surface area contributed by atoms with Crippen molar-refractivity contribution in [2.45, 2.75) is 19.4 Å². The summed E-state index contributed by atoms with van der Waals surface area (Å²) in [4.78, 5) is 11.4. The molecule has 0 unspecified atom stereocenters. The number of esters is 1. The molecule has 1 N–H and O–H groups in total. The Kier molecular flexibility index (Phi) is 2.56. The van der Waals surface area contributed by atoms with E-state index in [1.54, 1.807) is 0 Å². The third-order valence-corrected chi connectivity index (χ3v) is 2.94. The fourth-order valence-electron chi connectivity index (χ4n) is 2.06. The Morgan fingerprint density at radius 1 is 1.57 bits per heavy atom. The first-order valence-corrected chi connectivity index (χ1v) is 4.85. The highest BCUT2D eigenvalue weighted by Crippen LogP contribution is 2.32. The van der Waals surface area contributed by atoms with Crippen LogP contribution in [0.15, 0.2) is 11.1 Å². The lowest BCUT2D eigenvalue weighted by Gasteiger charge is -2.34. The second-order valence-corrected chi connectivity index (χ2v) is 3.69. The van der Waals surface area contributed by atoms with Crippen molar-refractivity contribution >= 4 is 5.97 Å². The number of aliphatic hydroxyl groups is 1. The molecule has 0 fully saturated rings. The van der Waals surface area contributed by atoms with Crippen LogP contribution >= 0.6 is 0 Å². The average Bonchev–Trinajstić information content (AvgIpc) is 2.18. The molecule has 2 aliphatic rings. The van der Waals surface area contributed by atoms with Gasteiger partial charge in [-0.15, -0.1) is 0 Å². The number of rotatable bonds is 1. The maximum atomic E-state index is 11.4. The SMILES string of the molecule is C[C@@H]1OCC2=C(CCOC2=O)[C@@H]1CO. The van der Waals surface area contributed by atoms with E-state index in [2.05, 4.69) is 0 Å². The predicted molar refractivity (Wildman–Crippen MR) is 48.6 cm³/mol. The van der Waals surface area contributed by atoms with Gasteiger partial charge in [-0.1, -0.05) is 0 Å². The fraction of sp³-hybridized carbons (Fsp3) is 0.700. The summed E-state index contributed by atoms with van der Waals surface area (Å²) in [5.41, 5.74) is 1.65. The van der Waals surface area contributed by atoms with E-state index in [4.69, 9.17) is 9.47 Å². The minimum atomic E-state index is -0.281. The quantitative estimate of drug-likeness (QED) is 0.614. The van der Waals surface area contributed by atoms with Gasteiger partial charge in [0.05, 0.1) is 31.5 Å². The number of hydrogen-bond acceptors (Lipinski definition) is 4. The highest BCUT2D eigenvalue weighted by Gasteiger charge is 2.34. The molecular weight excluding hydrogens is 184 g/mol. The highest BCUT2D eigenvalue weighted by molar-refractivity contribution is 5.90. The number of aliphatic hydroxyl groups excluding tert-OH is 1. The van der Waals surface area contributed by atoms with E-state index in [9.17, 15) is 9.90 Å². The van der Waals surface area contributed by atoms with Gasteiger partial charge in [0.1, 0.15) is 0 Å². The summed E-state index contributed by atoms with van der Waals surface area (Å²) >= 11 is 0. The lowest BCUT2D eigenvalue weighted by atomic mass is 9.85. The van der Waals surface area contributed by atoms with Crippen LogP contribution in [0, 0.1) is 5.92 Å². The molecule has 0 radical (unpaired) electrons. The summed E-state index contributed by atoms with van der Waals surface area (Å²) < 4.78 is 10.3. The molecule has 0 aliphatic carbocycles. The van der Waals surface area contributed by atoms with Crippen molar-refractivity contribution in [3.63, 3.8) is 0 Å². The van der Waals surface area contributed by atoms with Crippen LogP contribution in [0.4, 0.5) is 0 Å². The molecule has 14 heavy (non-hydrogen) atoms. The Bertz CT molecular complexity index is 282. The summed E-state index contributed by atoms with van der Waals surface area (Å²) in [6, 6.07) is 0. The first-order chi connectivity index (χ1) is 6.74. The van der Waals surface area contributed by atoms with Gasteiger partial charge in [-0.25, -0.2) is 4.79 Å². The van der Waals surface area contributed by atoms with Crippen molar-refractivity contribution in [1.29, 1.82) is 0 Å². The van der Waals surface area contributed by atoms with Crippen LogP contribution < -0.4 is 0 Å². The number of ether oxygens (including phenoxy) is 2. The zero-order valence-electron chi connectivity index (χ0n) is 8.16. The number of hydrogen-bond donors (Lipinski definition) is 1. The normalized spacial score (nSPS) is 32.6. The molecule has 2 aliphatic heterocycles. The van der Waals surface area contributed by atoms with Crippen molar-refractivity contribution in [3.05, 3.63) is 11.1 Å². The number of cyclic esters (lactones) is 1. The van der Waals surface area contributed by atoms with Gasteiger partial charge in [0.2, 0.25) is 0 Å². The van der Waals surface area contributed by atoms with Crippen molar-refractivity contribution in [3.8, 4) is 0 Å². The summed E-state index contributed by atoms with van der Waals surface area (Å²) in [6.07, 6.45) is 0.727. The number of carbonyl (C=O) groups excluding carboxylic acids is 1. The summed E-state index contributed by atoms with van der Waals surface area (Å²) in [5, 5.41) is 9.22. The van der Waals surface area contributed by atoms with Gasteiger partial charge in [-0.2, -0.15) is 0 Å². The van der Waals surface area contributed by atoms with Crippen LogP contribution in [-0.2, 0) is 14.3 Å². The van der Waals surface area contributed by atoms with Crippen LogP contribution in [-0.4, -0.2) is 37.0 Å². The maximum Gasteiger partial charge on any atom is 0.336 e. The van der Waals surface area contributed by atoms with Crippen molar-refractivity contribution in [1.82, 2.24) is 0 Å². The van der Waals surface area contributed by atoms with Gasteiger partial charge in [0, 0.05) is 12.3 Å². The predicted octanol–water partition coefficient (Wildman–Crippen LogP) is 0.257. The Morgan fingerprint density at radius 2 is 2.36 bits per heavy atom. The summed E-state index contributed by atoms with van der Waals surface area (Å²) in [7, 11) is 0. The minimum absolute atomic E-state index is 0.00958. The van der Waals surface area contributed by atoms with Crippen LogP contribution in [0.25, 0.3) is 0 Å². The first kappa shape index (κ1) is 9.68. The molecule has 2 atom stereocenters. The van der Waals surface area contributed by atoms with Gasteiger partial charge in [0.15, 0.2) is 0 Å². The van der Waals surface area contributed by atoms with E-state index in [1.807, 2.05) is 6.92 Å². The standard InChI is InChI=1S/C10H14O4/c1-6-8(4-11)7-2-3-13-10(12)9(7)5-14-6/h6,8,11H,2-5H2,1H3/t6-,8+/m0/s1. The molecule has 0 saturated heterocycles. The Labute approximate surface area is 82.5 Å². The van der Waals surface area contributed by atoms with Crippen molar-refractivity contribution in [2.75, 3.05) is 19.8 Å². The third-order valence-electron chi connectivity index (χ3n) is 2.94. The fourth-order valence-corrected chi connectivity index (χ4v) is 2.06. The van der Waals surface area contributed by atoms with Crippen LogP contribution in [0.3, 0.4) is 0 Å². The lowest BCUT2D eigenvalue weighted by molar-refractivity contribution is -0.142. The van der Waals surface area contributed by atoms with E-state index < -0.39 is 0 Å².